The Labute approximate surface area is 181 Å². The zero-order valence-electron chi connectivity index (χ0n) is 19.3. The van der Waals surface area contributed by atoms with Crippen molar-refractivity contribution in [2.75, 3.05) is 0 Å². The molecule has 1 aromatic carbocycles. The van der Waals surface area contributed by atoms with E-state index in [9.17, 15) is 19.5 Å². The van der Waals surface area contributed by atoms with E-state index in [-0.39, 0.29) is 35.3 Å². The van der Waals surface area contributed by atoms with Crippen LogP contribution < -0.4 is 16.7 Å². The Morgan fingerprint density at radius 3 is 2.10 bits per heavy atom. The molecule has 8 nitrogen and oxygen atoms in total. The minimum atomic E-state index is -0.571. The van der Waals surface area contributed by atoms with Crippen LogP contribution in [0.5, 0.6) is 5.75 Å². The van der Waals surface area contributed by atoms with Gasteiger partial charge in [0.15, 0.2) is 0 Å². The first-order valence-electron chi connectivity index (χ1n) is 10.2. The molecule has 0 spiro atoms. The molecule has 4 N–H and O–H groups in total. The number of aromatic nitrogens is 2. The molecule has 168 valence electrons. The number of nitrogens with zero attached hydrogens (tertiary/aromatic N) is 1. The third kappa shape index (κ3) is 6.16. The molecule has 0 fully saturated rings. The standard InChI is InChI=1S/C23H32N4O4/c1-13-15(20(30)26-21(31)25-13)8-9-18(28)27-24-12-14-10-16(22(2,3)4)19(29)17(11-14)23(5,6)7/h10-12,29H,8-9H2,1-7H3,(H,27,28)(H2,25,26,30,31)/b24-12+. The number of aromatic hydroxyl groups is 1. The first-order chi connectivity index (χ1) is 14.2. The molecule has 0 unspecified atom stereocenters. The summed E-state index contributed by atoms with van der Waals surface area (Å²) in [4.78, 5) is 39.9. The van der Waals surface area contributed by atoms with Crippen LogP contribution in [-0.2, 0) is 22.0 Å². The maximum Gasteiger partial charge on any atom is 0.325 e. The maximum absolute atomic E-state index is 12.2. The van der Waals surface area contributed by atoms with E-state index in [2.05, 4.69) is 20.5 Å². The fourth-order valence-electron chi connectivity index (χ4n) is 3.27. The Morgan fingerprint density at radius 1 is 1.06 bits per heavy atom. The van der Waals surface area contributed by atoms with E-state index in [1.54, 1.807) is 13.1 Å². The first-order valence-corrected chi connectivity index (χ1v) is 10.2. The van der Waals surface area contributed by atoms with Gasteiger partial charge in [0.1, 0.15) is 5.75 Å². The molecule has 0 bridgehead atoms. The second-order valence-electron chi connectivity index (χ2n) is 9.77. The number of carbonyl (C=O) groups excluding carboxylic acids is 1. The van der Waals surface area contributed by atoms with Crippen molar-refractivity contribution in [1.29, 1.82) is 0 Å². The van der Waals surface area contributed by atoms with Crippen molar-refractivity contribution in [2.45, 2.75) is 72.1 Å². The fraction of sp³-hybridized carbons (Fsp3) is 0.478. The van der Waals surface area contributed by atoms with Crippen molar-refractivity contribution < 1.29 is 9.90 Å². The molecule has 2 rings (SSSR count). The number of H-pyrrole nitrogens is 2. The molecule has 8 heteroatoms. The van der Waals surface area contributed by atoms with E-state index in [0.29, 0.717) is 11.3 Å². The molecular formula is C23H32N4O4. The molecule has 0 saturated heterocycles. The Kier molecular flexibility index (Phi) is 6.93. The number of rotatable bonds is 5. The summed E-state index contributed by atoms with van der Waals surface area (Å²) >= 11 is 0. The fourth-order valence-corrected chi connectivity index (χ4v) is 3.27. The first kappa shape index (κ1) is 24.1. The normalized spacial score (nSPS) is 12.4. The number of hydrogen-bond acceptors (Lipinski definition) is 5. The third-order valence-electron chi connectivity index (χ3n) is 5.01. The summed E-state index contributed by atoms with van der Waals surface area (Å²) in [5.74, 6) is -0.0743. The number of hydrogen-bond donors (Lipinski definition) is 4. The van der Waals surface area contributed by atoms with E-state index in [1.807, 2.05) is 53.7 Å². The van der Waals surface area contributed by atoms with Crippen LogP contribution in [0.2, 0.25) is 0 Å². The number of phenolic OH excluding ortho intramolecular Hbond substituents is 1. The van der Waals surface area contributed by atoms with Gasteiger partial charge >= 0.3 is 5.69 Å². The summed E-state index contributed by atoms with van der Waals surface area (Å²) in [5.41, 5.74) is 4.05. The van der Waals surface area contributed by atoms with Gasteiger partial charge in [0.25, 0.3) is 5.56 Å². The molecule has 0 aliphatic heterocycles. The van der Waals surface area contributed by atoms with Crippen molar-refractivity contribution in [3.05, 3.63) is 60.9 Å². The van der Waals surface area contributed by atoms with Crippen LogP contribution in [0.1, 0.15) is 75.9 Å². The number of benzene rings is 1. The molecule has 2 aromatic rings. The second kappa shape index (κ2) is 8.91. The van der Waals surface area contributed by atoms with Gasteiger partial charge in [-0.15, -0.1) is 0 Å². The molecule has 1 heterocycles. The van der Waals surface area contributed by atoms with Crippen molar-refractivity contribution in [3.8, 4) is 5.75 Å². The summed E-state index contributed by atoms with van der Waals surface area (Å²) in [6, 6.07) is 3.73. The van der Waals surface area contributed by atoms with E-state index < -0.39 is 11.2 Å². The second-order valence-corrected chi connectivity index (χ2v) is 9.77. The highest BCUT2D eigenvalue weighted by Crippen LogP contribution is 2.39. The minimum absolute atomic E-state index is 0.0450. The lowest BCUT2D eigenvalue weighted by atomic mass is 9.78. The largest absolute Gasteiger partial charge is 0.507 e. The highest BCUT2D eigenvalue weighted by Gasteiger charge is 2.26. The van der Waals surface area contributed by atoms with Gasteiger partial charge in [-0.05, 0) is 41.9 Å². The van der Waals surface area contributed by atoms with Crippen molar-refractivity contribution >= 4 is 12.1 Å². The van der Waals surface area contributed by atoms with E-state index >= 15 is 0 Å². The Hall–Kier alpha value is -3.16. The van der Waals surface area contributed by atoms with Gasteiger partial charge in [-0.25, -0.2) is 10.2 Å². The lowest BCUT2D eigenvalue weighted by Gasteiger charge is -2.27. The predicted octanol–water partition coefficient (Wildman–Crippen LogP) is 2.76. The third-order valence-corrected chi connectivity index (χ3v) is 5.01. The summed E-state index contributed by atoms with van der Waals surface area (Å²) in [6.07, 6.45) is 1.77. The van der Waals surface area contributed by atoms with Gasteiger partial charge < -0.3 is 10.1 Å². The minimum Gasteiger partial charge on any atom is -0.507 e. The van der Waals surface area contributed by atoms with Crippen molar-refractivity contribution in [2.24, 2.45) is 5.10 Å². The molecule has 0 saturated carbocycles. The molecule has 0 radical (unpaired) electrons. The topological polar surface area (TPSA) is 127 Å². The average Bonchev–Trinajstić information content (AvgIpc) is 2.60. The van der Waals surface area contributed by atoms with Crippen molar-refractivity contribution in [3.63, 3.8) is 0 Å². The van der Waals surface area contributed by atoms with Crippen LogP contribution in [0, 0.1) is 6.92 Å². The zero-order chi connectivity index (χ0) is 23.6. The lowest BCUT2D eigenvalue weighted by Crippen LogP contribution is -2.28. The SMILES string of the molecule is Cc1[nH]c(=O)[nH]c(=O)c1CCC(=O)N/N=C/c1cc(C(C)(C)C)c(O)c(C(C)(C)C)c1. The van der Waals surface area contributed by atoms with E-state index in [0.717, 1.165) is 16.7 Å². The highest BCUT2D eigenvalue weighted by molar-refractivity contribution is 5.83. The molecule has 0 atom stereocenters. The molecule has 1 amide bonds. The number of carbonyl (C=O) groups is 1. The summed E-state index contributed by atoms with van der Waals surface area (Å²) in [5, 5.41) is 14.8. The number of aromatic amines is 2. The van der Waals surface area contributed by atoms with Crippen molar-refractivity contribution in [1.82, 2.24) is 15.4 Å². The van der Waals surface area contributed by atoms with Crippen LogP contribution in [0.15, 0.2) is 26.8 Å². The number of aryl methyl sites for hydroxylation is 1. The highest BCUT2D eigenvalue weighted by atomic mass is 16.3. The zero-order valence-corrected chi connectivity index (χ0v) is 19.3. The smallest absolute Gasteiger partial charge is 0.325 e. The van der Waals surface area contributed by atoms with Gasteiger partial charge in [-0.1, -0.05) is 41.5 Å². The molecular weight excluding hydrogens is 396 g/mol. The predicted molar refractivity (Wildman–Crippen MR) is 122 cm³/mol. The van der Waals surface area contributed by atoms with Gasteiger partial charge in [0, 0.05) is 28.8 Å². The maximum atomic E-state index is 12.2. The molecule has 0 aliphatic carbocycles. The van der Waals surface area contributed by atoms with Crippen LogP contribution in [0.25, 0.3) is 0 Å². The van der Waals surface area contributed by atoms with Gasteiger partial charge in [-0.2, -0.15) is 5.10 Å². The monoisotopic (exact) mass is 428 g/mol. The lowest BCUT2D eigenvalue weighted by molar-refractivity contribution is -0.121. The number of amides is 1. The van der Waals surface area contributed by atoms with Gasteiger partial charge in [0.05, 0.1) is 6.21 Å². The van der Waals surface area contributed by atoms with Crippen LogP contribution in [-0.4, -0.2) is 27.2 Å². The van der Waals surface area contributed by atoms with Crippen LogP contribution in [0.3, 0.4) is 0 Å². The van der Waals surface area contributed by atoms with Crippen LogP contribution in [0.4, 0.5) is 0 Å². The summed E-state index contributed by atoms with van der Waals surface area (Å²) in [7, 11) is 0. The average molecular weight is 429 g/mol. The summed E-state index contributed by atoms with van der Waals surface area (Å²) in [6.45, 7) is 13.8. The number of nitrogens with one attached hydrogen (secondary N) is 3. The quantitative estimate of drug-likeness (QED) is 0.431. The Bertz CT molecular complexity index is 1080. The van der Waals surface area contributed by atoms with E-state index in [4.69, 9.17) is 0 Å². The molecule has 31 heavy (non-hydrogen) atoms. The molecule has 1 aromatic heterocycles. The van der Waals surface area contributed by atoms with Gasteiger partial charge in [0.2, 0.25) is 5.91 Å². The number of phenols is 1. The van der Waals surface area contributed by atoms with Gasteiger partial charge in [-0.3, -0.25) is 14.6 Å². The summed E-state index contributed by atoms with van der Waals surface area (Å²) < 4.78 is 0. The molecule has 0 aliphatic rings. The Morgan fingerprint density at radius 2 is 1.61 bits per heavy atom. The van der Waals surface area contributed by atoms with E-state index in [1.165, 1.54) is 0 Å². The number of hydrazone groups is 1. The Balaban J connectivity index is 2.16. The van der Waals surface area contributed by atoms with Crippen LogP contribution >= 0.6 is 0 Å².